The van der Waals surface area contributed by atoms with E-state index in [0.717, 1.165) is 0 Å². The van der Waals surface area contributed by atoms with Crippen molar-refractivity contribution in [2.75, 3.05) is 0 Å². The maximum atomic E-state index is 2.42. The molecule has 22 aromatic rings. The molecule has 104 heavy (non-hydrogen) atoms. The third kappa shape index (κ3) is 9.68. The van der Waals surface area contributed by atoms with Crippen molar-refractivity contribution in [1.82, 2.24) is 18.3 Å². The monoisotopic (exact) mass is 1320 g/mol. The van der Waals surface area contributed by atoms with Crippen molar-refractivity contribution in [1.29, 1.82) is 0 Å². The van der Waals surface area contributed by atoms with E-state index in [1.54, 1.807) is 0 Å². The molecule has 484 valence electrons. The molecule has 0 unspecified atom stereocenters. The van der Waals surface area contributed by atoms with Crippen LogP contribution in [0.1, 0.15) is 0 Å². The molecule has 4 nitrogen and oxygen atoms in total. The molecule has 4 aromatic heterocycles. The van der Waals surface area contributed by atoms with Gasteiger partial charge in [-0.2, -0.15) is 0 Å². The second kappa shape index (κ2) is 24.0. The largest absolute Gasteiger partial charge is 0.309 e. The first-order valence-electron chi connectivity index (χ1n) is 35.9. The van der Waals surface area contributed by atoms with Gasteiger partial charge < -0.3 is 18.3 Å². The fraction of sp³-hybridized carbons (Fsp3) is 0. The highest BCUT2D eigenvalue weighted by molar-refractivity contribution is 6.15. The molecule has 0 saturated heterocycles. The van der Waals surface area contributed by atoms with Crippen LogP contribution in [0.15, 0.2) is 388 Å². The third-order valence-corrected chi connectivity index (χ3v) is 21.7. The van der Waals surface area contributed by atoms with E-state index in [9.17, 15) is 0 Å². The molecule has 0 N–H and O–H groups in total. The standard InChI is InChI=1S/2C50H32N2/c1-2-13-39(14-3-1)51-47-19-8-6-16-43(47)45-31-36(24-27-49(45)51)37-25-28-50-46(32-37)44-17-7-9-20-48(44)52(50)40-26-23-34-29-38(22-21-35(34)30-40)42-18-10-12-33-11-4-5-15-41(33)42;1-2-12-41(13-3-1)51-47-16-8-6-14-43(47)45-31-39(23-26-49(45)51)40-24-27-50-46(32-40)44-15-7-9-17-48(44)52(50)42-25-22-37-29-36(20-21-38(37)30-42)35-19-18-33-10-4-5-11-34(33)28-35/h2*1-32H. The lowest BCUT2D eigenvalue weighted by atomic mass is 9.96. The first kappa shape index (κ1) is 59.1. The molecule has 0 atom stereocenters. The number of hydrogen-bond acceptors (Lipinski definition) is 0. The first-order valence-corrected chi connectivity index (χ1v) is 35.9. The molecule has 0 bridgehead atoms. The van der Waals surface area contributed by atoms with Crippen molar-refractivity contribution in [3.05, 3.63) is 388 Å². The summed E-state index contributed by atoms with van der Waals surface area (Å²) in [5.74, 6) is 0. The number of para-hydroxylation sites is 6. The topological polar surface area (TPSA) is 19.7 Å². The molecule has 0 aliphatic heterocycles. The van der Waals surface area contributed by atoms with Gasteiger partial charge in [-0.3, -0.25) is 0 Å². The van der Waals surface area contributed by atoms with Gasteiger partial charge in [0.15, 0.2) is 0 Å². The van der Waals surface area contributed by atoms with E-state index in [-0.39, 0.29) is 0 Å². The fourth-order valence-corrected chi connectivity index (χ4v) is 16.8. The van der Waals surface area contributed by atoms with Crippen LogP contribution in [-0.4, -0.2) is 18.3 Å². The summed E-state index contributed by atoms with van der Waals surface area (Å²) < 4.78 is 9.59. The summed E-state index contributed by atoms with van der Waals surface area (Å²) in [4.78, 5) is 0. The normalized spacial score (nSPS) is 11.8. The lowest BCUT2D eigenvalue weighted by Gasteiger charge is -2.12. The van der Waals surface area contributed by atoms with Gasteiger partial charge in [0.25, 0.3) is 0 Å². The lowest BCUT2D eigenvalue weighted by molar-refractivity contribution is 1.18. The molecule has 4 heterocycles. The van der Waals surface area contributed by atoms with Crippen LogP contribution < -0.4 is 0 Å². The van der Waals surface area contributed by atoms with Gasteiger partial charge in [-0.15, -0.1) is 0 Å². The zero-order valence-electron chi connectivity index (χ0n) is 56.7. The van der Waals surface area contributed by atoms with E-state index >= 15 is 0 Å². The summed E-state index contributed by atoms with van der Waals surface area (Å²) in [5.41, 5.74) is 24.2. The number of nitrogens with zero attached hydrogens (tertiary/aromatic N) is 4. The van der Waals surface area contributed by atoms with Gasteiger partial charge in [0.1, 0.15) is 0 Å². The predicted molar refractivity (Wildman–Crippen MR) is 442 cm³/mol. The van der Waals surface area contributed by atoms with Gasteiger partial charge in [0.2, 0.25) is 0 Å². The average molecular weight is 1320 g/mol. The van der Waals surface area contributed by atoms with Crippen LogP contribution in [0.2, 0.25) is 0 Å². The Hall–Kier alpha value is -13.8. The Labute approximate surface area is 600 Å². The van der Waals surface area contributed by atoms with Gasteiger partial charge in [-0.25, -0.2) is 0 Å². The number of rotatable bonds is 8. The number of hydrogen-bond donors (Lipinski definition) is 0. The van der Waals surface area contributed by atoms with Crippen LogP contribution >= 0.6 is 0 Å². The number of fused-ring (bicyclic) bond motifs is 16. The summed E-state index contributed by atoms with van der Waals surface area (Å²) in [7, 11) is 0. The van der Waals surface area contributed by atoms with Crippen LogP contribution in [0.4, 0.5) is 0 Å². The summed E-state index contributed by atoms with van der Waals surface area (Å²) in [6.07, 6.45) is 0. The van der Waals surface area contributed by atoms with Gasteiger partial charge in [0, 0.05) is 65.8 Å². The molecule has 0 amide bonds. The van der Waals surface area contributed by atoms with Crippen molar-refractivity contribution in [3.8, 4) is 67.3 Å². The summed E-state index contributed by atoms with van der Waals surface area (Å²) in [6.45, 7) is 0. The molecule has 0 aliphatic rings. The van der Waals surface area contributed by atoms with Crippen LogP contribution in [0.3, 0.4) is 0 Å². The SMILES string of the molecule is c1ccc(-n2c3ccccc3c3cc(-c4ccc5c(c4)c4ccccc4n5-c4ccc5cc(-c6ccc7ccccc7c6)ccc5c4)ccc32)cc1.c1ccc(-n2c3ccccc3c3cc(-c4ccc5c(c4)c4ccccc4n5-c4ccc5cc(-c6cccc7ccccc67)ccc5c4)ccc32)cc1. The zero-order chi connectivity index (χ0) is 68.3. The molecule has 22 rings (SSSR count). The fourth-order valence-electron chi connectivity index (χ4n) is 16.8. The minimum absolute atomic E-state index is 1.17. The van der Waals surface area contributed by atoms with E-state index < -0.39 is 0 Å². The van der Waals surface area contributed by atoms with Crippen molar-refractivity contribution in [3.63, 3.8) is 0 Å². The van der Waals surface area contributed by atoms with Crippen LogP contribution in [0.25, 0.3) is 198 Å². The maximum absolute atomic E-state index is 2.42. The van der Waals surface area contributed by atoms with E-state index in [1.807, 2.05) is 0 Å². The molecule has 0 saturated carbocycles. The molecular weight excluding hydrogens is 1260 g/mol. The van der Waals surface area contributed by atoms with Crippen LogP contribution in [-0.2, 0) is 0 Å². The Morgan fingerprint density at radius 1 is 0.125 bits per heavy atom. The lowest BCUT2D eigenvalue weighted by Crippen LogP contribution is -1.94. The van der Waals surface area contributed by atoms with Gasteiger partial charge in [-0.05, 0) is 227 Å². The Bertz CT molecular complexity index is 7210. The smallest absolute Gasteiger partial charge is 0.0541 e. The predicted octanol–water partition coefficient (Wildman–Crippen LogP) is 27.0. The molecular formula is C100H64N4. The van der Waals surface area contributed by atoms with E-state index in [4.69, 9.17) is 0 Å². The molecule has 0 radical (unpaired) electrons. The van der Waals surface area contributed by atoms with E-state index in [1.165, 1.54) is 198 Å². The van der Waals surface area contributed by atoms with E-state index in [2.05, 4.69) is 407 Å². The summed E-state index contributed by atoms with van der Waals surface area (Å²) in [6, 6.07) is 142. The molecule has 0 spiro atoms. The molecule has 18 aromatic carbocycles. The minimum atomic E-state index is 1.17. The van der Waals surface area contributed by atoms with Gasteiger partial charge >= 0.3 is 0 Å². The van der Waals surface area contributed by atoms with Gasteiger partial charge in [0.05, 0.1) is 44.1 Å². The van der Waals surface area contributed by atoms with Crippen LogP contribution in [0.5, 0.6) is 0 Å². The molecule has 0 fully saturated rings. The maximum Gasteiger partial charge on any atom is 0.0541 e. The number of benzene rings is 18. The summed E-state index contributed by atoms with van der Waals surface area (Å²) in [5, 5.41) is 20.1. The third-order valence-electron chi connectivity index (χ3n) is 21.7. The minimum Gasteiger partial charge on any atom is -0.309 e. The summed E-state index contributed by atoms with van der Waals surface area (Å²) >= 11 is 0. The highest BCUT2D eigenvalue weighted by Gasteiger charge is 2.20. The molecule has 0 aliphatic carbocycles. The van der Waals surface area contributed by atoms with Crippen molar-refractivity contribution in [2.24, 2.45) is 0 Å². The van der Waals surface area contributed by atoms with Gasteiger partial charge in [-0.1, -0.05) is 249 Å². The average Bonchev–Trinajstić information content (AvgIpc) is 1.59. The second-order valence-electron chi connectivity index (χ2n) is 27.6. The number of aromatic nitrogens is 4. The van der Waals surface area contributed by atoms with Crippen molar-refractivity contribution >= 4 is 130 Å². The Kier molecular flexibility index (Phi) is 13.6. The highest BCUT2D eigenvalue weighted by Crippen LogP contribution is 2.43. The highest BCUT2D eigenvalue weighted by atomic mass is 15.0. The molecule has 4 heteroatoms. The Morgan fingerprint density at radius 2 is 0.394 bits per heavy atom. The van der Waals surface area contributed by atoms with E-state index in [0.29, 0.717) is 0 Å². The van der Waals surface area contributed by atoms with Crippen LogP contribution in [0, 0.1) is 0 Å². The Balaban J connectivity index is 0.000000134. The van der Waals surface area contributed by atoms with Crippen molar-refractivity contribution < 1.29 is 0 Å². The zero-order valence-corrected chi connectivity index (χ0v) is 56.7. The van der Waals surface area contributed by atoms with Crippen molar-refractivity contribution in [2.45, 2.75) is 0 Å². The second-order valence-corrected chi connectivity index (χ2v) is 27.6. The Morgan fingerprint density at radius 3 is 0.827 bits per heavy atom. The quantitative estimate of drug-likeness (QED) is 0.144. The first-order chi connectivity index (χ1) is 51.5.